The van der Waals surface area contributed by atoms with Crippen LogP contribution in [0.2, 0.25) is 0 Å². The molecule has 0 N–H and O–H groups in total. The number of hydrogen-bond acceptors (Lipinski definition) is 3. The highest BCUT2D eigenvalue weighted by Gasteiger charge is 2.43. The summed E-state index contributed by atoms with van der Waals surface area (Å²) in [5.74, 6) is -0.555. The van der Waals surface area contributed by atoms with Crippen LogP contribution in [-0.2, 0) is 21.9 Å². The molecule has 3 heteroatoms. The third-order valence-corrected chi connectivity index (χ3v) is 4.77. The van der Waals surface area contributed by atoms with Gasteiger partial charge in [-0.05, 0) is 11.6 Å². The summed E-state index contributed by atoms with van der Waals surface area (Å²) < 4.78 is 12.7. The number of fused-ring (bicyclic) bond motifs is 1. The second-order valence-corrected chi connectivity index (χ2v) is 6.48. The van der Waals surface area contributed by atoms with E-state index in [9.17, 15) is 4.79 Å². The summed E-state index contributed by atoms with van der Waals surface area (Å²) in [7, 11) is 0. The van der Waals surface area contributed by atoms with Gasteiger partial charge in [-0.25, -0.2) is 0 Å². The SMILES string of the molecule is O=CC1CC(OCc2ccccc2)(c2ccccc2)Oc2ccccc21. The smallest absolute Gasteiger partial charge is 0.238 e. The maximum Gasteiger partial charge on any atom is 0.238 e. The van der Waals surface area contributed by atoms with Crippen LogP contribution in [-0.4, -0.2) is 6.29 Å². The molecule has 0 aliphatic carbocycles. The summed E-state index contributed by atoms with van der Waals surface area (Å²) in [6, 6.07) is 27.5. The van der Waals surface area contributed by atoms with E-state index >= 15 is 0 Å². The molecule has 2 unspecified atom stereocenters. The number of benzene rings is 3. The highest BCUT2D eigenvalue weighted by atomic mass is 16.7. The Hall–Kier alpha value is -2.91. The lowest BCUT2D eigenvalue weighted by molar-refractivity contribution is -0.213. The van der Waals surface area contributed by atoms with Crippen molar-refractivity contribution in [1.29, 1.82) is 0 Å². The van der Waals surface area contributed by atoms with Crippen LogP contribution in [0.25, 0.3) is 0 Å². The fourth-order valence-electron chi connectivity index (χ4n) is 3.43. The van der Waals surface area contributed by atoms with Gasteiger partial charge >= 0.3 is 0 Å². The van der Waals surface area contributed by atoms with Gasteiger partial charge in [0, 0.05) is 23.5 Å². The van der Waals surface area contributed by atoms with Crippen molar-refractivity contribution in [2.75, 3.05) is 0 Å². The second-order valence-electron chi connectivity index (χ2n) is 6.48. The summed E-state index contributed by atoms with van der Waals surface area (Å²) in [4.78, 5) is 11.8. The monoisotopic (exact) mass is 344 g/mol. The number of rotatable bonds is 5. The van der Waals surface area contributed by atoms with E-state index in [0.29, 0.717) is 18.8 Å². The van der Waals surface area contributed by atoms with Crippen LogP contribution in [0.3, 0.4) is 0 Å². The molecule has 0 saturated heterocycles. The lowest BCUT2D eigenvalue weighted by Crippen LogP contribution is -2.41. The van der Waals surface area contributed by atoms with E-state index in [1.165, 1.54) is 0 Å². The molecule has 0 amide bonds. The zero-order chi connectivity index (χ0) is 17.8. The van der Waals surface area contributed by atoms with E-state index in [1.807, 2.05) is 84.9 Å². The third kappa shape index (κ3) is 3.14. The Bertz CT molecular complexity index is 876. The second kappa shape index (κ2) is 7.14. The fourth-order valence-corrected chi connectivity index (χ4v) is 3.43. The Morgan fingerprint density at radius 3 is 2.31 bits per heavy atom. The first kappa shape index (κ1) is 16.6. The summed E-state index contributed by atoms with van der Waals surface area (Å²) in [6.45, 7) is 0.406. The average molecular weight is 344 g/mol. The van der Waals surface area contributed by atoms with Gasteiger partial charge in [0.1, 0.15) is 12.0 Å². The van der Waals surface area contributed by atoms with Crippen molar-refractivity contribution in [3.63, 3.8) is 0 Å². The lowest BCUT2D eigenvalue weighted by atomic mass is 9.86. The van der Waals surface area contributed by atoms with E-state index in [-0.39, 0.29) is 5.92 Å². The van der Waals surface area contributed by atoms with Gasteiger partial charge in [-0.3, -0.25) is 0 Å². The quantitative estimate of drug-likeness (QED) is 0.623. The van der Waals surface area contributed by atoms with E-state index in [1.54, 1.807) is 0 Å². The van der Waals surface area contributed by atoms with Crippen LogP contribution in [0.15, 0.2) is 84.9 Å². The van der Waals surface area contributed by atoms with Crippen molar-refractivity contribution in [2.24, 2.45) is 0 Å². The van der Waals surface area contributed by atoms with Crippen LogP contribution in [0.5, 0.6) is 5.75 Å². The molecule has 2 atom stereocenters. The molecule has 0 fully saturated rings. The molecule has 3 nitrogen and oxygen atoms in total. The highest BCUT2D eigenvalue weighted by Crippen LogP contribution is 2.46. The molecular formula is C23H20O3. The van der Waals surface area contributed by atoms with E-state index in [0.717, 1.165) is 23.0 Å². The molecule has 26 heavy (non-hydrogen) atoms. The Labute approximate surface area is 153 Å². The number of hydrogen-bond donors (Lipinski definition) is 0. The zero-order valence-corrected chi connectivity index (χ0v) is 14.4. The van der Waals surface area contributed by atoms with Crippen LogP contribution in [0.4, 0.5) is 0 Å². The van der Waals surface area contributed by atoms with E-state index < -0.39 is 5.79 Å². The first-order valence-electron chi connectivity index (χ1n) is 8.77. The summed E-state index contributed by atoms with van der Waals surface area (Å²) >= 11 is 0. The number of aldehydes is 1. The lowest BCUT2D eigenvalue weighted by Gasteiger charge is -2.40. The van der Waals surface area contributed by atoms with Crippen molar-refractivity contribution >= 4 is 6.29 Å². The number of carbonyl (C=O) groups is 1. The summed E-state index contributed by atoms with van der Waals surface area (Å²) in [6.07, 6.45) is 1.44. The third-order valence-electron chi connectivity index (χ3n) is 4.77. The predicted molar refractivity (Wildman–Crippen MR) is 99.8 cm³/mol. The Morgan fingerprint density at radius 1 is 0.923 bits per heavy atom. The van der Waals surface area contributed by atoms with Crippen molar-refractivity contribution in [3.8, 4) is 5.75 Å². The van der Waals surface area contributed by atoms with Crippen molar-refractivity contribution in [2.45, 2.75) is 24.7 Å². The largest absolute Gasteiger partial charge is 0.458 e. The highest BCUT2D eigenvalue weighted by molar-refractivity contribution is 5.65. The number of para-hydroxylation sites is 1. The Morgan fingerprint density at radius 2 is 1.58 bits per heavy atom. The number of ether oxygens (including phenoxy) is 2. The van der Waals surface area contributed by atoms with Gasteiger partial charge in [-0.2, -0.15) is 0 Å². The van der Waals surface area contributed by atoms with Crippen LogP contribution in [0.1, 0.15) is 29.0 Å². The number of carbonyl (C=O) groups excluding carboxylic acids is 1. The van der Waals surface area contributed by atoms with Crippen LogP contribution in [0, 0.1) is 0 Å². The molecule has 3 aromatic rings. The van der Waals surface area contributed by atoms with Gasteiger partial charge in [-0.15, -0.1) is 0 Å². The molecule has 4 rings (SSSR count). The summed E-state index contributed by atoms with van der Waals surface area (Å²) in [5, 5.41) is 0. The maximum atomic E-state index is 11.8. The van der Waals surface area contributed by atoms with E-state index in [2.05, 4.69) is 0 Å². The topological polar surface area (TPSA) is 35.5 Å². The minimum absolute atomic E-state index is 0.268. The van der Waals surface area contributed by atoms with Gasteiger partial charge in [0.25, 0.3) is 0 Å². The minimum atomic E-state index is -0.989. The molecule has 3 aromatic carbocycles. The molecule has 0 radical (unpaired) electrons. The molecule has 130 valence electrons. The van der Waals surface area contributed by atoms with Gasteiger partial charge in [0.15, 0.2) is 0 Å². The van der Waals surface area contributed by atoms with Gasteiger partial charge in [0.2, 0.25) is 5.79 Å². The molecule has 0 spiro atoms. The normalized spacial score (nSPS) is 21.5. The van der Waals surface area contributed by atoms with Crippen molar-refractivity contribution < 1.29 is 14.3 Å². The van der Waals surface area contributed by atoms with Crippen molar-refractivity contribution in [3.05, 3.63) is 102 Å². The van der Waals surface area contributed by atoms with Crippen LogP contribution >= 0.6 is 0 Å². The van der Waals surface area contributed by atoms with Gasteiger partial charge < -0.3 is 14.3 Å². The molecule has 1 aliphatic heterocycles. The standard InChI is InChI=1S/C23H20O3/c24-16-19-15-23(20-11-5-2-6-12-20,25-17-18-9-3-1-4-10-18)26-22-14-8-7-13-21(19)22/h1-14,16,19H,15,17H2. The molecule has 0 bridgehead atoms. The average Bonchev–Trinajstić information content (AvgIpc) is 2.73. The molecular weight excluding hydrogens is 324 g/mol. The summed E-state index contributed by atoms with van der Waals surface area (Å²) in [5.41, 5.74) is 2.89. The maximum absolute atomic E-state index is 11.8. The van der Waals surface area contributed by atoms with Crippen molar-refractivity contribution in [1.82, 2.24) is 0 Å². The zero-order valence-electron chi connectivity index (χ0n) is 14.4. The molecule has 1 aliphatic rings. The van der Waals surface area contributed by atoms with E-state index in [4.69, 9.17) is 9.47 Å². The molecule has 0 saturated carbocycles. The van der Waals surface area contributed by atoms with Gasteiger partial charge in [-0.1, -0.05) is 78.9 Å². The minimum Gasteiger partial charge on any atom is -0.458 e. The molecule has 1 heterocycles. The first-order valence-corrected chi connectivity index (χ1v) is 8.77. The fraction of sp³-hybridized carbons (Fsp3) is 0.174. The Kier molecular flexibility index (Phi) is 4.55. The Balaban J connectivity index is 1.73. The first-order chi connectivity index (χ1) is 12.8. The predicted octanol–water partition coefficient (Wildman–Crippen LogP) is 4.82. The van der Waals surface area contributed by atoms with Gasteiger partial charge in [0.05, 0.1) is 6.61 Å². The molecule has 0 aromatic heterocycles. The van der Waals surface area contributed by atoms with Crippen LogP contribution < -0.4 is 4.74 Å².